The Morgan fingerprint density at radius 3 is 2.48 bits per heavy atom. The smallest absolute Gasteiger partial charge is 0.295 e. The van der Waals surface area contributed by atoms with Crippen molar-refractivity contribution in [3.05, 3.63) is 76.0 Å². The van der Waals surface area contributed by atoms with Gasteiger partial charge in [-0.05, 0) is 41.1 Å². The predicted octanol–water partition coefficient (Wildman–Crippen LogP) is 4.39. The van der Waals surface area contributed by atoms with Gasteiger partial charge < -0.3 is 4.52 Å². The largest absolute Gasteiger partial charge is 0.371 e. The van der Waals surface area contributed by atoms with Crippen molar-refractivity contribution in [1.29, 1.82) is 0 Å². The highest BCUT2D eigenvalue weighted by atomic mass is 35.5. The summed E-state index contributed by atoms with van der Waals surface area (Å²) in [6.45, 7) is 0. The normalized spacial score (nSPS) is 11.3. The van der Waals surface area contributed by atoms with Crippen molar-refractivity contribution in [2.24, 2.45) is 0 Å². The Bertz CT molecular complexity index is 1010. The summed E-state index contributed by atoms with van der Waals surface area (Å²) < 4.78 is 6.99. The molecule has 0 bridgehead atoms. The fraction of sp³-hybridized carbons (Fsp3) is 0. The summed E-state index contributed by atoms with van der Waals surface area (Å²) in [6, 6.07) is 18.5. The highest BCUT2D eigenvalue weighted by Crippen LogP contribution is 2.24. The molecular formula is C17H10ClNO2. The Labute approximate surface area is 124 Å². The van der Waals surface area contributed by atoms with Crippen LogP contribution in [0, 0.1) is 0 Å². The monoisotopic (exact) mass is 295 g/mol. The second kappa shape index (κ2) is 4.50. The lowest BCUT2D eigenvalue weighted by atomic mass is 10.1. The van der Waals surface area contributed by atoms with Gasteiger partial charge in [0.05, 0.1) is 11.1 Å². The SMILES string of the molecule is O=c1c2c(ccc3ccccc32)on1-c1ccc(Cl)cc1. The summed E-state index contributed by atoms with van der Waals surface area (Å²) in [7, 11) is 0. The number of hydrogen-bond acceptors (Lipinski definition) is 2. The second-order valence-corrected chi connectivity index (χ2v) is 5.26. The molecule has 0 saturated carbocycles. The second-order valence-electron chi connectivity index (χ2n) is 4.83. The molecule has 0 aliphatic rings. The average Bonchev–Trinajstić information content (AvgIpc) is 2.86. The zero-order chi connectivity index (χ0) is 14.4. The van der Waals surface area contributed by atoms with Gasteiger partial charge in [-0.3, -0.25) is 4.79 Å². The van der Waals surface area contributed by atoms with Crippen LogP contribution in [0.4, 0.5) is 0 Å². The van der Waals surface area contributed by atoms with Crippen LogP contribution in [0.25, 0.3) is 27.4 Å². The molecule has 0 amide bonds. The highest BCUT2D eigenvalue weighted by Gasteiger charge is 2.13. The summed E-state index contributed by atoms with van der Waals surface area (Å²) in [4.78, 5) is 12.7. The zero-order valence-corrected chi connectivity index (χ0v) is 11.7. The fourth-order valence-electron chi connectivity index (χ4n) is 2.54. The molecular weight excluding hydrogens is 286 g/mol. The first-order valence-electron chi connectivity index (χ1n) is 6.54. The minimum Gasteiger partial charge on any atom is -0.371 e. The van der Waals surface area contributed by atoms with E-state index in [2.05, 4.69) is 0 Å². The van der Waals surface area contributed by atoms with E-state index in [0.717, 1.165) is 10.8 Å². The van der Waals surface area contributed by atoms with Gasteiger partial charge in [0.2, 0.25) is 0 Å². The van der Waals surface area contributed by atoms with Gasteiger partial charge in [-0.2, -0.15) is 0 Å². The number of fused-ring (bicyclic) bond motifs is 3. The Kier molecular flexibility index (Phi) is 2.62. The first kappa shape index (κ1) is 12.2. The maximum Gasteiger partial charge on any atom is 0.295 e. The van der Waals surface area contributed by atoms with Crippen LogP contribution in [0.3, 0.4) is 0 Å². The third-order valence-corrected chi connectivity index (χ3v) is 3.79. The number of nitrogens with zero attached hydrogens (tertiary/aromatic N) is 1. The van der Waals surface area contributed by atoms with Gasteiger partial charge in [0.25, 0.3) is 5.56 Å². The lowest BCUT2D eigenvalue weighted by Crippen LogP contribution is -2.11. The molecule has 0 spiro atoms. The minimum absolute atomic E-state index is 0.163. The third-order valence-electron chi connectivity index (χ3n) is 3.54. The van der Waals surface area contributed by atoms with Crippen LogP contribution in [0.15, 0.2) is 70.0 Å². The number of benzene rings is 3. The molecule has 0 unspecified atom stereocenters. The zero-order valence-electron chi connectivity index (χ0n) is 10.9. The molecule has 4 aromatic rings. The maximum absolute atomic E-state index is 12.7. The van der Waals surface area contributed by atoms with E-state index in [0.29, 0.717) is 21.7 Å². The number of hydrogen-bond donors (Lipinski definition) is 0. The molecule has 21 heavy (non-hydrogen) atoms. The van der Waals surface area contributed by atoms with E-state index < -0.39 is 0 Å². The van der Waals surface area contributed by atoms with Crippen molar-refractivity contribution < 1.29 is 4.52 Å². The highest BCUT2D eigenvalue weighted by molar-refractivity contribution is 6.30. The van der Waals surface area contributed by atoms with Gasteiger partial charge >= 0.3 is 0 Å². The van der Waals surface area contributed by atoms with Gasteiger partial charge in [-0.25, -0.2) is 0 Å². The summed E-state index contributed by atoms with van der Waals surface area (Å²) in [5.74, 6) is 0. The van der Waals surface area contributed by atoms with Gasteiger partial charge in [0.15, 0.2) is 5.58 Å². The maximum atomic E-state index is 12.7. The van der Waals surface area contributed by atoms with Crippen molar-refractivity contribution in [3.8, 4) is 5.69 Å². The van der Waals surface area contributed by atoms with E-state index in [-0.39, 0.29) is 5.56 Å². The summed E-state index contributed by atoms with van der Waals surface area (Å²) in [5.41, 5.74) is 1.07. The molecule has 0 saturated heterocycles. The first-order valence-corrected chi connectivity index (χ1v) is 6.91. The standard InChI is InChI=1S/C17H10ClNO2/c18-12-6-8-13(9-7-12)19-17(20)16-14-4-2-1-3-11(14)5-10-15(16)21-19/h1-10H. The fourth-order valence-corrected chi connectivity index (χ4v) is 2.66. The van der Waals surface area contributed by atoms with Gasteiger partial charge in [0.1, 0.15) is 0 Å². The van der Waals surface area contributed by atoms with E-state index in [9.17, 15) is 4.79 Å². The van der Waals surface area contributed by atoms with E-state index in [1.165, 1.54) is 4.74 Å². The van der Waals surface area contributed by atoms with E-state index in [1.807, 2.05) is 36.4 Å². The van der Waals surface area contributed by atoms with Crippen molar-refractivity contribution in [2.75, 3.05) is 0 Å². The molecule has 1 aromatic heterocycles. The van der Waals surface area contributed by atoms with Crippen LogP contribution in [0.5, 0.6) is 0 Å². The molecule has 4 rings (SSSR count). The summed E-state index contributed by atoms with van der Waals surface area (Å²) in [6.07, 6.45) is 0. The predicted molar refractivity (Wildman–Crippen MR) is 84.3 cm³/mol. The van der Waals surface area contributed by atoms with Crippen LogP contribution < -0.4 is 5.56 Å². The average molecular weight is 296 g/mol. The number of aromatic nitrogens is 1. The van der Waals surface area contributed by atoms with Crippen LogP contribution in [-0.2, 0) is 0 Å². The van der Waals surface area contributed by atoms with Crippen LogP contribution >= 0.6 is 11.6 Å². The number of halogens is 1. The molecule has 0 fully saturated rings. The van der Waals surface area contributed by atoms with Crippen molar-refractivity contribution in [2.45, 2.75) is 0 Å². The molecule has 4 heteroatoms. The Morgan fingerprint density at radius 2 is 1.67 bits per heavy atom. The van der Waals surface area contributed by atoms with Crippen molar-refractivity contribution in [1.82, 2.24) is 4.74 Å². The molecule has 3 nitrogen and oxygen atoms in total. The van der Waals surface area contributed by atoms with Crippen molar-refractivity contribution >= 4 is 33.3 Å². The van der Waals surface area contributed by atoms with Gasteiger partial charge in [0, 0.05) is 5.02 Å². The quantitative estimate of drug-likeness (QED) is 0.522. The van der Waals surface area contributed by atoms with Crippen LogP contribution in [-0.4, -0.2) is 4.74 Å². The Morgan fingerprint density at radius 1 is 0.905 bits per heavy atom. The van der Waals surface area contributed by atoms with Crippen LogP contribution in [0.1, 0.15) is 0 Å². The molecule has 3 aromatic carbocycles. The molecule has 0 aliphatic heterocycles. The topological polar surface area (TPSA) is 35.1 Å². The molecule has 1 heterocycles. The summed E-state index contributed by atoms with van der Waals surface area (Å²) >= 11 is 5.88. The van der Waals surface area contributed by atoms with Gasteiger partial charge in [-0.15, -0.1) is 4.74 Å². The van der Waals surface area contributed by atoms with Crippen LogP contribution in [0.2, 0.25) is 5.02 Å². The lowest BCUT2D eigenvalue weighted by Gasteiger charge is -1.98. The van der Waals surface area contributed by atoms with Gasteiger partial charge in [-0.1, -0.05) is 41.9 Å². The van der Waals surface area contributed by atoms with E-state index in [1.54, 1.807) is 24.3 Å². The molecule has 0 N–H and O–H groups in total. The molecule has 0 aliphatic carbocycles. The third kappa shape index (κ3) is 1.86. The minimum atomic E-state index is -0.163. The summed E-state index contributed by atoms with van der Waals surface area (Å²) in [5, 5.41) is 3.14. The Balaban J connectivity index is 2.08. The Hall–Kier alpha value is -2.52. The van der Waals surface area contributed by atoms with Crippen molar-refractivity contribution in [3.63, 3.8) is 0 Å². The van der Waals surface area contributed by atoms with E-state index >= 15 is 0 Å². The molecule has 0 radical (unpaired) electrons. The number of rotatable bonds is 1. The van der Waals surface area contributed by atoms with E-state index in [4.69, 9.17) is 16.1 Å². The molecule has 0 atom stereocenters. The molecule has 102 valence electrons. The lowest BCUT2D eigenvalue weighted by molar-refractivity contribution is 0.368. The first-order chi connectivity index (χ1) is 10.2.